The van der Waals surface area contributed by atoms with Gasteiger partial charge < -0.3 is 19.9 Å². The Hall–Kier alpha value is -4.93. The van der Waals surface area contributed by atoms with E-state index in [1.165, 1.54) is 39.4 Å². The number of halogens is 1. The van der Waals surface area contributed by atoms with Crippen molar-refractivity contribution >= 4 is 65.5 Å². The van der Waals surface area contributed by atoms with Crippen LogP contribution in [0.4, 0.5) is 11.4 Å². The van der Waals surface area contributed by atoms with Crippen LogP contribution in [0.15, 0.2) is 95.7 Å². The second-order valence-corrected chi connectivity index (χ2v) is 21.7. The maximum atomic E-state index is 14.0. The third-order valence-corrected chi connectivity index (χ3v) is 15.2. The fourth-order valence-electron chi connectivity index (χ4n) is 8.73. The SMILES string of the molecule is Cc1cc(S(=O)(=O)NC(=O)c2ccc(N3CCN(CC4=C(c5ccc(Cl)cc5)CC(C)(C)CC4)CC3)cc2Oc2cnc3[nH]ccc3c2)ccc1NC1CCN(S(C)(=O)=O)CC1. The molecule has 0 atom stereocenters. The zero-order valence-electron chi connectivity index (χ0n) is 35.6. The van der Waals surface area contributed by atoms with Crippen LogP contribution in [0.1, 0.15) is 67.4 Å². The lowest BCUT2D eigenvalue weighted by atomic mass is 9.72. The van der Waals surface area contributed by atoms with Gasteiger partial charge in [-0.25, -0.2) is 30.8 Å². The van der Waals surface area contributed by atoms with Crippen LogP contribution in [-0.4, -0.2) is 100 Å². The van der Waals surface area contributed by atoms with E-state index in [0.29, 0.717) is 42.9 Å². The minimum Gasteiger partial charge on any atom is -0.455 e. The van der Waals surface area contributed by atoms with Gasteiger partial charge in [-0.2, -0.15) is 0 Å². The van der Waals surface area contributed by atoms with Crippen molar-refractivity contribution in [3.8, 4) is 11.5 Å². The Morgan fingerprint density at radius 1 is 0.935 bits per heavy atom. The number of piperidine rings is 1. The Balaban J connectivity index is 0.978. The summed E-state index contributed by atoms with van der Waals surface area (Å²) in [7, 11) is -7.54. The van der Waals surface area contributed by atoms with Crippen molar-refractivity contribution < 1.29 is 26.4 Å². The molecule has 62 heavy (non-hydrogen) atoms. The smallest absolute Gasteiger partial charge is 0.268 e. The van der Waals surface area contributed by atoms with Crippen LogP contribution in [0.2, 0.25) is 5.02 Å². The maximum absolute atomic E-state index is 14.0. The van der Waals surface area contributed by atoms with Gasteiger partial charge in [-0.1, -0.05) is 43.2 Å². The number of amides is 1. The first-order chi connectivity index (χ1) is 29.5. The van der Waals surface area contributed by atoms with Crippen LogP contribution in [0.25, 0.3) is 16.6 Å². The zero-order chi connectivity index (χ0) is 43.8. The molecule has 3 N–H and O–H groups in total. The van der Waals surface area contributed by atoms with Crippen molar-refractivity contribution in [2.24, 2.45) is 5.41 Å². The summed E-state index contributed by atoms with van der Waals surface area (Å²) < 4.78 is 61.4. The second kappa shape index (κ2) is 17.7. The van der Waals surface area contributed by atoms with Gasteiger partial charge in [-0.15, -0.1) is 0 Å². The first-order valence-electron chi connectivity index (χ1n) is 21.1. The standard InChI is InChI=1S/C46H54ClN7O6S2/c1-31-25-39(10-12-42(31)50-36-15-19-54(20-16-36)61(4,56)57)62(58,59)51-45(55)40-11-9-37(27-43(40)60-38-26-33-14-18-48-44(33)49-29-38)53-23-21-52(22-24-53)30-34-13-17-46(2,3)28-41(34)32-5-7-35(47)8-6-32/h5-12,14,18,25-27,29,36,50H,13,15-17,19-24,28,30H2,1-4H3,(H,48,49)(H,51,55). The molecule has 3 aromatic carbocycles. The predicted octanol–water partition coefficient (Wildman–Crippen LogP) is 8.06. The van der Waals surface area contributed by atoms with E-state index >= 15 is 0 Å². The molecule has 3 aliphatic rings. The molecule has 8 rings (SSSR count). The van der Waals surface area contributed by atoms with Crippen molar-refractivity contribution in [1.82, 2.24) is 23.9 Å². The average Bonchev–Trinajstić information content (AvgIpc) is 3.71. The number of sulfonamides is 2. The second-order valence-electron chi connectivity index (χ2n) is 17.6. The number of hydrogen-bond acceptors (Lipinski definition) is 10. The van der Waals surface area contributed by atoms with Crippen molar-refractivity contribution in [2.45, 2.75) is 63.8 Å². The van der Waals surface area contributed by atoms with Crippen LogP contribution in [0.3, 0.4) is 0 Å². The summed E-state index contributed by atoms with van der Waals surface area (Å²) in [5.74, 6) is -0.225. The summed E-state index contributed by atoms with van der Waals surface area (Å²) in [6, 6.07) is 21.8. The van der Waals surface area contributed by atoms with E-state index in [2.05, 4.69) is 55.8 Å². The quantitative estimate of drug-likeness (QED) is 0.112. The van der Waals surface area contributed by atoms with Crippen LogP contribution >= 0.6 is 11.6 Å². The van der Waals surface area contributed by atoms with E-state index in [1.54, 1.807) is 37.5 Å². The molecule has 4 heterocycles. The highest BCUT2D eigenvalue weighted by Crippen LogP contribution is 2.43. The van der Waals surface area contributed by atoms with Crippen LogP contribution in [-0.2, 0) is 20.0 Å². The highest BCUT2D eigenvalue weighted by Gasteiger charge is 2.31. The monoisotopic (exact) mass is 899 g/mol. The Kier molecular flexibility index (Phi) is 12.5. The van der Waals surface area contributed by atoms with Gasteiger partial charge >= 0.3 is 0 Å². The van der Waals surface area contributed by atoms with Gasteiger partial charge in [0, 0.05) is 85.9 Å². The highest BCUT2D eigenvalue weighted by atomic mass is 35.5. The molecule has 0 unspecified atom stereocenters. The van der Waals surface area contributed by atoms with Gasteiger partial charge in [-0.05, 0) is 116 Å². The molecule has 13 nitrogen and oxygen atoms in total. The number of benzene rings is 3. The minimum atomic E-state index is -4.29. The number of piperazine rings is 1. The molecule has 0 spiro atoms. The van der Waals surface area contributed by atoms with Crippen LogP contribution < -0.4 is 19.7 Å². The number of pyridine rings is 1. The molecule has 1 amide bonds. The van der Waals surface area contributed by atoms with E-state index in [4.69, 9.17) is 16.3 Å². The Morgan fingerprint density at radius 3 is 2.39 bits per heavy atom. The number of aromatic nitrogens is 2. The first kappa shape index (κ1) is 43.7. The van der Waals surface area contributed by atoms with Crippen molar-refractivity contribution in [3.05, 3.63) is 112 Å². The third kappa shape index (κ3) is 10.1. The molecule has 1 aliphatic carbocycles. The number of fused-ring (bicyclic) bond motifs is 1. The number of anilines is 2. The normalized spacial score (nSPS) is 18.2. The number of carbonyl (C=O) groups is 1. The lowest BCUT2D eigenvalue weighted by Gasteiger charge is -2.39. The molecule has 2 fully saturated rings. The minimum absolute atomic E-state index is 0.0354. The molecule has 0 saturated carbocycles. The Morgan fingerprint density at radius 2 is 1.68 bits per heavy atom. The van der Waals surface area contributed by atoms with Crippen molar-refractivity contribution in [3.63, 3.8) is 0 Å². The van der Waals surface area contributed by atoms with Gasteiger partial charge in [0.1, 0.15) is 17.1 Å². The number of nitrogens with zero attached hydrogens (tertiary/aromatic N) is 4. The van der Waals surface area contributed by atoms with Crippen molar-refractivity contribution in [1.29, 1.82) is 0 Å². The number of H-pyrrole nitrogens is 1. The molecule has 5 aromatic rings. The van der Waals surface area contributed by atoms with Gasteiger partial charge in [0.25, 0.3) is 15.9 Å². The number of nitrogens with one attached hydrogen (secondary N) is 3. The number of ether oxygens (including phenoxy) is 1. The Labute approximate surface area is 369 Å². The van der Waals surface area contributed by atoms with Gasteiger partial charge in [0.05, 0.1) is 22.9 Å². The highest BCUT2D eigenvalue weighted by molar-refractivity contribution is 7.90. The number of rotatable bonds is 12. The lowest BCUT2D eigenvalue weighted by Crippen LogP contribution is -2.47. The van der Waals surface area contributed by atoms with Gasteiger partial charge in [-0.3, -0.25) is 9.69 Å². The fraction of sp³-hybridized carbons (Fsp3) is 0.391. The molecule has 2 aromatic heterocycles. The maximum Gasteiger partial charge on any atom is 0.268 e. The number of allylic oxidation sites excluding steroid dienone is 1. The van der Waals surface area contributed by atoms with Crippen LogP contribution in [0.5, 0.6) is 11.5 Å². The van der Waals surface area contributed by atoms with E-state index in [-0.39, 0.29) is 27.7 Å². The number of aryl methyl sites for hydroxylation is 1. The molecule has 2 aliphatic heterocycles. The first-order valence-corrected chi connectivity index (χ1v) is 24.8. The molecule has 0 bridgehead atoms. The zero-order valence-corrected chi connectivity index (χ0v) is 38.0. The summed E-state index contributed by atoms with van der Waals surface area (Å²) in [5, 5.41) is 5.00. The molecular formula is C46H54ClN7O6S2. The summed E-state index contributed by atoms with van der Waals surface area (Å²) >= 11 is 6.25. The Bertz CT molecular complexity index is 2720. The molecule has 0 radical (unpaired) electrons. The van der Waals surface area contributed by atoms with Gasteiger partial charge in [0.2, 0.25) is 10.0 Å². The summed E-state index contributed by atoms with van der Waals surface area (Å²) in [6.45, 7) is 11.4. The third-order valence-electron chi connectivity index (χ3n) is 12.4. The van der Waals surface area contributed by atoms with E-state index in [1.807, 2.05) is 30.3 Å². The van der Waals surface area contributed by atoms with E-state index < -0.39 is 26.0 Å². The average molecular weight is 901 g/mol. The number of carbonyl (C=O) groups excluding carboxylic acids is 1. The molecular weight excluding hydrogens is 846 g/mol. The lowest BCUT2D eigenvalue weighted by molar-refractivity contribution is 0.0979. The number of aromatic amines is 1. The summed E-state index contributed by atoms with van der Waals surface area (Å²) in [5.41, 5.74) is 7.42. The summed E-state index contributed by atoms with van der Waals surface area (Å²) in [4.78, 5) is 26.2. The van der Waals surface area contributed by atoms with Crippen molar-refractivity contribution in [2.75, 3.05) is 62.3 Å². The van der Waals surface area contributed by atoms with Gasteiger partial charge in [0.15, 0.2) is 0 Å². The summed E-state index contributed by atoms with van der Waals surface area (Å²) in [6.07, 6.45) is 9.05. The predicted molar refractivity (Wildman–Crippen MR) is 246 cm³/mol. The molecule has 328 valence electrons. The largest absolute Gasteiger partial charge is 0.455 e. The number of hydrogen-bond donors (Lipinski definition) is 3. The topological polar surface area (TPSA) is 157 Å². The van der Waals surface area contributed by atoms with Crippen LogP contribution in [0, 0.1) is 12.3 Å². The molecule has 16 heteroatoms. The fourth-order valence-corrected chi connectivity index (χ4v) is 10.8. The van der Waals surface area contributed by atoms with E-state index in [9.17, 15) is 21.6 Å². The van der Waals surface area contributed by atoms with E-state index in [0.717, 1.165) is 73.8 Å². The molecule has 2 saturated heterocycles.